The molecule has 0 N–H and O–H groups in total. The third-order valence-corrected chi connectivity index (χ3v) is 4.90. The summed E-state index contributed by atoms with van der Waals surface area (Å²) >= 11 is 0. The van der Waals surface area contributed by atoms with Crippen molar-refractivity contribution < 1.29 is 36.6 Å². The SMILES string of the molecule is Cc1ccc(OC(=O)c2ccc(F)c(F)c2)c2c(OC(=O)c3ccc(F)c(F)c3)cccc12. The molecule has 0 saturated heterocycles. The number of hydrogen-bond donors (Lipinski definition) is 0. The van der Waals surface area contributed by atoms with E-state index in [2.05, 4.69) is 0 Å². The average Bonchev–Trinajstić information content (AvgIpc) is 2.79. The van der Waals surface area contributed by atoms with Gasteiger partial charge in [0.05, 0.1) is 16.5 Å². The first-order valence-electron chi connectivity index (χ1n) is 9.61. The van der Waals surface area contributed by atoms with E-state index in [9.17, 15) is 27.2 Å². The van der Waals surface area contributed by atoms with Gasteiger partial charge in [0, 0.05) is 0 Å². The van der Waals surface area contributed by atoms with Crippen LogP contribution in [0.4, 0.5) is 17.6 Å². The highest BCUT2D eigenvalue weighted by atomic mass is 19.2. The van der Waals surface area contributed by atoms with Crippen LogP contribution in [0.15, 0.2) is 66.7 Å². The number of esters is 2. The Kier molecular flexibility index (Phi) is 5.83. The summed E-state index contributed by atoms with van der Waals surface area (Å²) in [5.74, 6) is -6.56. The molecule has 0 amide bonds. The molecule has 4 nitrogen and oxygen atoms in total. The third kappa shape index (κ3) is 4.41. The zero-order valence-electron chi connectivity index (χ0n) is 17.0. The molecule has 0 bridgehead atoms. The van der Waals surface area contributed by atoms with Crippen LogP contribution >= 0.6 is 0 Å². The molecule has 0 heterocycles. The molecule has 0 aromatic heterocycles. The van der Waals surface area contributed by atoms with Crippen LogP contribution in [-0.2, 0) is 0 Å². The smallest absolute Gasteiger partial charge is 0.343 e. The monoisotopic (exact) mass is 454 g/mol. The number of carbonyl (C=O) groups is 2. The van der Waals surface area contributed by atoms with Crippen LogP contribution < -0.4 is 9.47 Å². The minimum atomic E-state index is -1.21. The molecule has 0 radical (unpaired) electrons. The van der Waals surface area contributed by atoms with Gasteiger partial charge in [-0.1, -0.05) is 18.2 Å². The van der Waals surface area contributed by atoms with Gasteiger partial charge in [0.25, 0.3) is 0 Å². The maximum Gasteiger partial charge on any atom is 0.343 e. The van der Waals surface area contributed by atoms with Crippen LogP contribution in [0.5, 0.6) is 11.5 Å². The van der Waals surface area contributed by atoms with Crippen molar-refractivity contribution in [1.29, 1.82) is 0 Å². The van der Waals surface area contributed by atoms with Crippen molar-refractivity contribution in [3.05, 3.63) is 107 Å². The highest BCUT2D eigenvalue weighted by Gasteiger charge is 2.19. The molecule has 33 heavy (non-hydrogen) atoms. The van der Waals surface area contributed by atoms with Gasteiger partial charge in [-0.2, -0.15) is 0 Å². The van der Waals surface area contributed by atoms with Crippen molar-refractivity contribution in [3.8, 4) is 11.5 Å². The lowest BCUT2D eigenvalue weighted by Crippen LogP contribution is -2.12. The van der Waals surface area contributed by atoms with Gasteiger partial charge in [0.2, 0.25) is 0 Å². The first-order valence-corrected chi connectivity index (χ1v) is 9.61. The maximum atomic E-state index is 13.5. The number of carbonyl (C=O) groups excluding carboxylic acids is 2. The molecule has 166 valence electrons. The fourth-order valence-electron chi connectivity index (χ4n) is 3.22. The Bertz CT molecular complexity index is 1340. The first kappa shape index (κ1) is 22.0. The molecule has 0 saturated carbocycles. The Morgan fingerprint density at radius 2 is 1.15 bits per heavy atom. The lowest BCUT2D eigenvalue weighted by atomic mass is 10.0. The Hall–Kier alpha value is -4.20. The Morgan fingerprint density at radius 1 is 0.636 bits per heavy atom. The van der Waals surface area contributed by atoms with Crippen molar-refractivity contribution >= 4 is 22.7 Å². The summed E-state index contributed by atoms with van der Waals surface area (Å²) in [7, 11) is 0. The molecule has 0 aliphatic carbocycles. The summed E-state index contributed by atoms with van der Waals surface area (Å²) in [5, 5.41) is 0.838. The number of aryl methyl sites for hydroxylation is 1. The lowest BCUT2D eigenvalue weighted by Gasteiger charge is -2.14. The van der Waals surface area contributed by atoms with E-state index in [1.165, 1.54) is 12.1 Å². The average molecular weight is 454 g/mol. The molecular formula is C25H14F4O4. The predicted octanol–water partition coefficient (Wildman–Crippen LogP) is 6.14. The number of rotatable bonds is 4. The van der Waals surface area contributed by atoms with Crippen molar-refractivity contribution in [2.45, 2.75) is 6.92 Å². The molecule has 4 rings (SSSR count). The molecular weight excluding hydrogens is 440 g/mol. The standard InChI is InChI=1S/C25H14F4O4/c1-13-5-10-22(33-25(31)15-7-9-18(27)20(29)12-15)23-16(13)3-2-4-21(23)32-24(30)14-6-8-17(26)19(28)11-14/h2-12H,1H3. The van der Waals surface area contributed by atoms with Crippen molar-refractivity contribution in [2.24, 2.45) is 0 Å². The minimum absolute atomic E-state index is 0.000908. The molecule has 0 spiro atoms. The normalized spacial score (nSPS) is 10.8. The van der Waals surface area contributed by atoms with E-state index in [4.69, 9.17) is 9.47 Å². The minimum Gasteiger partial charge on any atom is -0.422 e. The fourth-order valence-corrected chi connectivity index (χ4v) is 3.22. The Balaban J connectivity index is 1.73. The number of benzene rings is 4. The molecule has 4 aromatic rings. The van der Waals surface area contributed by atoms with E-state index in [1.807, 2.05) is 0 Å². The van der Waals surface area contributed by atoms with Crippen LogP contribution in [0, 0.1) is 30.2 Å². The second-order valence-electron chi connectivity index (χ2n) is 7.10. The van der Waals surface area contributed by atoms with Gasteiger partial charge in [-0.05, 0) is 66.4 Å². The largest absolute Gasteiger partial charge is 0.422 e. The summed E-state index contributed by atoms with van der Waals surface area (Å²) in [5.41, 5.74) is 0.320. The summed E-state index contributed by atoms with van der Waals surface area (Å²) in [4.78, 5) is 25.1. The second kappa shape index (κ2) is 8.74. The van der Waals surface area contributed by atoms with E-state index in [0.717, 1.165) is 29.8 Å². The van der Waals surface area contributed by atoms with Crippen LogP contribution in [0.1, 0.15) is 26.3 Å². The molecule has 0 aliphatic rings. The summed E-state index contributed by atoms with van der Waals surface area (Å²) in [6, 6.07) is 13.0. The van der Waals surface area contributed by atoms with Crippen LogP contribution in [-0.4, -0.2) is 11.9 Å². The summed E-state index contributed by atoms with van der Waals surface area (Å²) in [6.45, 7) is 1.78. The lowest BCUT2D eigenvalue weighted by molar-refractivity contribution is 0.0735. The Morgan fingerprint density at radius 3 is 1.67 bits per heavy atom. The van der Waals surface area contributed by atoms with E-state index in [1.54, 1.807) is 25.1 Å². The van der Waals surface area contributed by atoms with Crippen LogP contribution in [0.2, 0.25) is 0 Å². The van der Waals surface area contributed by atoms with Crippen molar-refractivity contribution in [2.75, 3.05) is 0 Å². The highest BCUT2D eigenvalue weighted by molar-refractivity contribution is 6.01. The predicted molar refractivity (Wildman–Crippen MR) is 111 cm³/mol. The number of fused-ring (bicyclic) bond motifs is 1. The van der Waals surface area contributed by atoms with Crippen molar-refractivity contribution in [3.63, 3.8) is 0 Å². The second-order valence-corrected chi connectivity index (χ2v) is 7.10. The van der Waals surface area contributed by atoms with Gasteiger partial charge in [-0.3, -0.25) is 0 Å². The summed E-state index contributed by atoms with van der Waals surface area (Å²) in [6.07, 6.45) is 0. The van der Waals surface area contributed by atoms with Crippen LogP contribution in [0.25, 0.3) is 10.8 Å². The summed E-state index contributed by atoms with van der Waals surface area (Å²) < 4.78 is 64.2. The maximum absolute atomic E-state index is 13.5. The number of hydrogen-bond acceptors (Lipinski definition) is 4. The zero-order chi connectivity index (χ0) is 23.7. The van der Waals surface area contributed by atoms with Crippen LogP contribution in [0.3, 0.4) is 0 Å². The molecule has 0 fully saturated rings. The van der Waals surface area contributed by atoms with E-state index < -0.39 is 35.2 Å². The molecule has 0 aliphatic heterocycles. The highest BCUT2D eigenvalue weighted by Crippen LogP contribution is 2.37. The Labute approximate surface area is 185 Å². The topological polar surface area (TPSA) is 52.6 Å². The number of ether oxygens (including phenoxy) is 2. The van der Waals surface area contributed by atoms with E-state index in [-0.39, 0.29) is 28.0 Å². The van der Waals surface area contributed by atoms with Gasteiger partial charge in [-0.15, -0.1) is 0 Å². The van der Waals surface area contributed by atoms with Gasteiger partial charge in [0.15, 0.2) is 23.3 Å². The van der Waals surface area contributed by atoms with E-state index in [0.29, 0.717) is 17.5 Å². The van der Waals surface area contributed by atoms with Crippen molar-refractivity contribution in [1.82, 2.24) is 0 Å². The first-order chi connectivity index (χ1) is 15.7. The molecule has 4 aromatic carbocycles. The molecule has 0 unspecified atom stereocenters. The fraction of sp³-hybridized carbons (Fsp3) is 0.0400. The third-order valence-electron chi connectivity index (χ3n) is 4.90. The van der Waals surface area contributed by atoms with Gasteiger partial charge in [0.1, 0.15) is 11.5 Å². The quantitative estimate of drug-likeness (QED) is 0.211. The van der Waals surface area contributed by atoms with Gasteiger partial charge >= 0.3 is 11.9 Å². The van der Waals surface area contributed by atoms with Gasteiger partial charge in [-0.25, -0.2) is 27.2 Å². The molecule has 0 atom stereocenters. The van der Waals surface area contributed by atoms with Gasteiger partial charge < -0.3 is 9.47 Å². The molecule has 8 heteroatoms. The zero-order valence-corrected chi connectivity index (χ0v) is 17.0. The van der Waals surface area contributed by atoms with E-state index >= 15 is 0 Å². The number of halogens is 4.